The standard InChI is InChI=1S/C13H22N2O3/c1-12(2,11(17)18)15(3)10(16)9-8-13(9)4-6-14-7-5-13/h9,14H,4-8H2,1-3H3,(H,17,18). The van der Waals surface area contributed by atoms with E-state index in [9.17, 15) is 9.59 Å². The number of nitrogens with zero attached hydrogens (tertiary/aromatic N) is 1. The first-order valence-corrected chi connectivity index (χ1v) is 6.53. The lowest BCUT2D eigenvalue weighted by atomic mass is 9.91. The topological polar surface area (TPSA) is 69.6 Å². The number of hydrogen-bond acceptors (Lipinski definition) is 3. The van der Waals surface area contributed by atoms with Crippen LogP contribution in [0.3, 0.4) is 0 Å². The fourth-order valence-electron chi connectivity index (χ4n) is 2.83. The third-order valence-electron chi connectivity index (χ3n) is 4.78. The third kappa shape index (κ3) is 2.00. The number of hydrogen-bond donors (Lipinski definition) is 2. The highest BCUT2D eigenvalue weighted by molar-refractivity contribution is 5.89. The van der Waals surface area contributed by atoms with E-state index in [0.29, 0.717) is 0 Å². The normalized spacial score (nSPS) is 25.8. The van der Waals surface area contributed by atoms with Crippen molar-refractivity contribution in [2.24, 2.45) is 11.3 Å². The van der Waals surface area contributed by atoms with Crippen LogP contribution in [0.15, 0.2) is 0 Å². The fourth-order valence-corrected chi connectivity index (χ4v) is 2.83. The van der Waals surface area contributed by atoms with Crippen LogP contribution in [0.2, 0.25) is 0 Å². The Bertz CT molecular complexity index is 372. The summed E-state index contributed by atoms with van der Waals surface area (Å²) in [5, 5.41) is 12.5. The monoisotopic (exact) mass is 254 g/mol. The molecule has 2 N–H and O–H groups in total. The van der Waals surface area contributed by atoms with E-state index in [0.717, 1.165) is 32.4 Å². The molecular weight excluding hydrogens is 232 g/mol. The van der Waals surface area contributed by atoms with E-state index in [1.54, 1.807) is 20.9 Å². The van der Waals surface area contributed by atoms with Crippen molar-refractivity contribution >= 4 is 11.9 Å². The van der Waals surface area contributed by atoms with Crippen molar-refractivity contribution in [2.45, 2.75) is 38.6 Å². The number of carboxylic acid groups (broad SMARTS) is 1. The number of likely N-dealkylation sites (N-methyl/N-ethyl adjacent to an activating group) is 1. The minimum absolute atomic E-state index is 0.00991. The molecule has 0 aromatic heterocycles. The molecule has 1 unspecified atom stereocenters. The van der Waals surface area contributed by atoms with Gasteiger partial charge in [-0.2, -0.15) is 0 Å². The minimum atomic E-state index is -1.13. The summed E-state index contributed by atoms with van der Waals surface area (Å²) in [7, 11) is 1.60. The molecule has 1 heterocycles. The molecule has 1 aliphatic heterocycles. The molecule has 1 amide bonds. The van der Waals surface area contributed by atoms with Crippen LogP contribution in [-0.2, 0) is 9.59 Å². The van der Waals surface area contributed by atoms with Crippen molar-refractivity contribution in [3.05, 3.63) is 0 Å². The number of nitrogens with one attached hydrogen (secondary N) is 1. The number of carbonyl (C=O) groups excluding carboxylic acids is 1. The lowest BCUT2D eigenvalue weighted by molar-refractivity contribution is -0.156. The molecule has 102 valence electrons. The molecule has 2 aliphatic rings. The fraction of sp³-hybridized carbons (Fsp3) is 0.846. The number of carboxylic acids is 1. The molecule has 1 saturated carbocycles. The molecule has 0 aromatic carbocycles. The highest BCUT2D eigenvalue weighted by atomic mass is 16.4. The van der Waals surface area contributed by atoms with Gasteiger partial charge in [0.1, 0.15) is 5.54 Å². The van der Waals surface area contributed by atoms with Crippen LogP contribution in [0.4, 0.5) is 0 Å². The Kier molecular flexibility index (Phi) is 3.13. The van der Waals surface area contributed by atoms with Gasteiger partial charge in [0.05, 0.1) is 0 Å². The molecule has 1 atom stereocenters. The first-order chi connectivity index (χ1) is 8.31. The quantitative estimate of drug-likeness (QED) is 0.778. The van der Waals surface area contributed by atoms with Gasteiger partial charge in [-0.1, -0.05) is 0 Å². The SMILES string of the molecule is CN(C(=O)C1CC12CCNCC2)C(C)(C)C(=O)O. The van der Waals surface area contributed by atoms with Gasteiger partial charge in [0.15, 0.2) is 0 Å². The van der Waals surface area contributed by atoms with E-state index in [1.165, 1.54) is 4.90 Å². The highest BCUT2D eigenvalue weighted by Gasteiger charge is 2.59. The van der Waals surface area contributed by atoms with Crippen molar-refractivity contribution < 1.29 is 14.7 Å². The number of piperidine rings is 1. The van der Waals surface area contributed by atoms with Gasteiger partial charge >= 0.3 is 5.97 Å². The summed E-state index contributed by atoms with van der Waals surface area (Å²) in [6.45, 7) is 5.08. The molecule has 1 spiro atoms. The predicted molar refractivity (Wildman–Crippen MR) is 67.1 cm³/mol. The summed E-state index contributed by atoms with van der Waals surface area (Å²) in [5.74, 6) is -0.939. The lowest BCUT2D eigenvalue weighted by Crippen LogP contribution is -2.51. The predicted octanol–water partition coefficient (Wildman–Crippen LogP) is 0.698. The molecular formula is C13H22N2O3. The Balaban J connectivity index is 2.03. The van der Waals surface area contributed by atoms with Gasteiger partial charge < -0.3 is 15.3 Å². The Hall–Kier alpha value is -1.10. The zero-order valence-electron chi connectivity index (χ0n) is 11.3. The van der Waals surface area contributed by atoms with Crippen LogP contribution >= 0.6 is 0 Å². The second-order valence-corrected chi connectivity index (χ2v) is 6.13. The van der Waals surface area contributed by atoms with E-state index in [-0.39, 0.29) is 17.2 Å². The zero-order chi connectivity index (χ0) is 13.6. The molecule has 1 aliphatic carbocycles. The lowest BCUT2D eigenvalue weighted by Gasteiger charge is -2.33. The Morgan fingerprint density at radius 1 is 1.33 bits per heavy atom. The number of carbonyl (C=O) groups is 2. The first kappa shape index (κ1) is 13.3. The van der Waals surface area contributed by atoms with Crippen molar-refractivity contribution in [3.63, 3.8) is 0 Å². The number of amides is 1. The van der Waals surface area contributed by atoms with Gasteiger partial charge in [-0.15, -0.1) is 0 Å². The van der Waals surface area contributed by atoms with Crippen molar-refractivity contribution in [3.8, 4) is 0 Å². The maximum absolute atomic E-state index is 12.4. The van der Waals surface area contributed by atoms with E-state index < -0.39 is 11.5 Å². The summed E-state index contributed by atoms with van der Waals surface area (Å²) in [4.78, 5) is 24.9. The van der Waals surface area contributed by atoms with E-state index in [4.69, 9.17) is 5.11 Å². The van der Waals surface area contributed by atoms with E-state index in [2.05, 4.69) is 5.32 Å². The number of aliphatic carboxylic acids is 1. The van der Waals surface area contributed by atoms with E-state index in [1.807, 2.05) is 0 Å². The van der Waals surface area contributed by atoms with Gasteiger partial charge in [0, 0.05) is 13.0 Å². The van der Waals surface area contributed by atoms with E-state index >= 15 is 0 Å². The van der Waals surface area contributed by atoms with Gasteiger partial charge in [0.25, 0.3) is 0 Å². The van der Waals surface area contributed by atoms with Crippen molar-refractivity contribution in [1.82, 2.24) is 10.2 Å². The summed E-state index contributed by atoms with van der Waals surface area (Å²) < 4.78 is 0. The van der Waals surface area contributed by atoms with Crippen LogP contribution in [-0.4, -0.2) is 47.6 Å². The van der Waals surface area contributed by atoms with Gasteiger partial charge in [-0.3, -0.25) is 4.79 Å². The molecule has 5 nitrogen and oxygen atoms in total. The van der Waals surface area contributed by atoms with Gasteiger partial charge in [-0.05, 0) is 51.6 Å². The van der Waals surface area contributed by atoms with Gasteiger partial charge in [0.2, 0.25) is 5.91 Å². The second kappa shape index (κ2) is 4.23. The second-order valence-electron chi connectivity index (χ2n) is 6.13. The summed E-state index contributed by atoms with van der Waals surface area (Å²) in [5.41, 5.74) is -0.973. The summed E-state index contributed by atoms with van der Waals surface area (Å²) >= 11 is 0. The average molecular weight is 254 g/mol. The third-order valence-corrected chi connectivity index (χ3v) is 4.78. The van der Waals surface area contributed by atoms with Crippen LogP contribution in [0, 0.1) is 11.3 Å². The molecule has 1 saturated heterocycles. The molecule has 5 heteroatoms. The maximum Gasteiger partial charge on any atom is 0.329 e. The maximum atomic E-state index is 12.4. The summed E-state index contributed by atoms with van der Waals surface area (Å²) in [6, 6.07) is 0. The smallest absolute Gasteiger partial charge is 0.329 e. The number of rotatable bonds is 3. The zero-order valence-corrected chi connectivity index (χ0v) is 11.3. The highest BCUT2D eigenvalue weighted by Crippen LogP contribution is 2.59. The minimum Gasteiger partial charge on any atom is -0.480 e. The Labute approximate surface area is 108 Å². The van der Waals surface area contributed by atoms with Gasteiger partial charge in [-0.25, -0.2) is 4.79 Å². The molecule has 0 radical (unpaired) electrons. The van der Waals surface area contributed by atoms with Crippen LogP contribution < -0.4 is 5.32 Å². The Morgan fingerprint density at radius 3 is 2.39 bits per heavy atom. The molecule has 2 fully saturated rings. The van der Waals surface area contributed by atoms with Crippen LogP contribution in [0.25, 0.3) is 0 Å². The largest absolute Gasteiger partial charge is 0.480 e. The molecule has 0 bridgehead atoms. The van der Waals surface area contributed by atoms with Crippen molar-refractivity contribution in [2.75, 3.05) is 20.1 Å². The Morgan fingerprint density at radius 2 is 1.89 bits per heavy atom. The molecule has 0 aromatic rings. The van der Waals surface area contributed by atoms with Crippen LogP contribution in [0.1, 0.15) is 33.1 Å². The molecule has 18 heavy (non-hydrogen) atoms. The average Bonchev–Trinajstić information content (AvgIpc) is 3.01. The van der Waals surface area contributed by atoms with Crippen molar-refractivity contribution in [1.29, 1.82) is 0 Å². The molecule has 2 rings (SSSR count). The summed E-state index contributed by atoms with van der Waals surface area (Å²) in [6.07, 6.45) is 2.99. The first-order valence-electron chi connectivity index (χ1n) is 6.53. The van der Waals surface area contributed by atoms with Crippen LogP contribution in [0.5, 0.6) is 0 Å².